The number of fused-ring (bicyclic) bond motifs is 1. The Bertz CT molecular complexity index is 1010. The average molecular weight is 405 g/mol. The van der Waals surface area contributed by atoms with Gasteiger partial charge in [0.25, 0.3) is 0 Å². The van der Waals surface area contributed by atoms with Gasteiger partial charge in [-0.15, -0.1) is 0 Å². The number of alkyl halides is 4. The molecule has 0 aliphatic rings. The van der Waals surface area contributed by atoms with Gasteiger partial charge in [-0.2, -0.15) is 14.0 Å². The van der Waals surface area contributed by atoms with Gasteiger partial charge in [0.05, 0.1) is 11.1 Å². The molecule has 3 rings (SSSR count). The van der Waals surface area contributed by atoms with Gasteiger partial charge in [-0.05, 0) is 42.3 Å². The van der Waals surface area contributed by atoms with Gasteiger partial charge in [-0.25, -0.2) is 8.78 Å². The van der Waals surface area contributed by atoms with Crippen molar-refractivity contribution in [3.8, 4) is 11.8 Å². The zero-order valence-corrected chi connectivity index (χ0v) is 15.4. The van der Waals surface area contributed by atoms with E-state index in [-0.39, 0.29) is 5.75 Å². The molecular formula is C21H19F4N3O. The number of H-pyrrole nitrogens is 1. The molecule has 0 saturated heterocycles. The van der Waals surface area contributed by atoms with Crippen LogP contribution >= 0.6 is 0 Å². The molecule has 0 unspecified atom stereocenters. The van der Waals surface area contributed by atoms with E-state index in [0.29, 0.717) is 18.7 Å². The van der Waals surface area contributed by atoms with Crippen molar-refractivity contribution in [3.63, 3.8) is 0 Å². The molecule has 0 atom stereocenters. The Morgan fingerprint density at radius 1 is 1.17 bits per heavy atom. The summed E-state index contributed by atoms with van der Waals surface area (Å²) in [7, 11) is 0. The highest BCUT2D eigenvalue weighted by molar-refractivity contribution is 5.87. The first-order valence-electron chi connectivity index (χ1n) is 8.98. The maximum atomic E-state index is 13.0. The molecule has 0 radical (unpaired) electrons. The van der Waals surface area contributed by atoms with Crippen molar-refractivity contribution in [2.75, 3.05) is 13.2 Å². The van der Waals surface area contributed by atoms with Crippen LogP contribution in [0.3, 0.4) is 0 Å². The van der Waals surface area contributed by atoms with Crippen LogP contribution in [0.25, 0.3) is 10.9 Å². The van der Waals surface area contributed by atoms with Gasteiger partial charge < -0.3 is 15.0 Å². The molecule has 0 aliphatic carbocycles. The van der Waals surface area contributed by atoms with E-state index >= 15 is 0 Å². The molecule has 0 fully saturated rings. The fourth-order valence-electron chi connectivity index (χ4n) is 2.96. The molecule has 8 heteroatoms. The summed E-state index contributed by atoms with van der Waals surface area (Å²) >= 11 is 0. The summed E-state index contributed by atoms with van der Waals surface area (Å²) in [6, 6.07) is 14.1. The number of aromatic amines is 1. The van der Waals surface area contributed by atoms with E-state index < -0.39 is 19.0 Å². The number of rotatable bonds is 9. The number of halogens is 4. The third-order valence-electron chi connectivity index (χ3n) is 4.47. The minimum absolute atomic E-state index is 0.116. The molecular weight excluding hydrogens is 386 g/mol. The SMILES string of the molecule is N#Cc1cccc2c(CCNCc3cccc(OCC(F)(F)C(F)F)c3)c[nH]c12. The van der Waals surface area contributed by atoms with Crippen LogP contribution in [0.5, 0.6) is 5.75 Å². The Kier molecular flexibility index (Phi) is 6.39. The van der Waals surface area contributed by atoms with Crippen LogP contribution in [-0.4, -0.2) is 30.5 Å². The van der Waals surface area contributed by atoms with Crippen molar-refractivity contribution in [3.05, 3.63) is 65.4 Å². The van der Waals surface area contributed by atoms with Crippen LogP contribution in [0.2, 0.25) is 0 Å². The number of benzene rings is 2. The summed E-state index contributed by atoms with van der Waals surface area (Å²) in [5.41, 5.74) is 3.27. The van der Waals surface area contributed by atoms with Crippen molar-refractivity contribution in [1.82, 2.24) is 10.3 Å². The van der Waals surface area contributed by atoms with E-state index in [0.717, 1.165) is 28.5 Å². The summed E-state index contributed by atoms with van der Waals surface area (Å²) in [5, 5.41) is 13.4. The standard InChI is InChI=1S/C21H19F4N3O/c22-20(23)21(24,25)13-29-17-5-1-3-14(9-17)11-27-8-7-16-12-28-19-15(10-26)4-2-6-18(16)19/h1-6,9,12,20,27-28H,7-8,11,13H2. The lowest BCUT2D eigenvalue weighted by atomic mass is 10.1. The fraction of sp³-hybridized carbons (Fsp3) is 0.286. The summed E-state index contributed by atoms with van der Waals surface area (Å²) < 4.78 is 55.1. The summed E-state index contributed by atoms with van der Waals surface area (Å²) in [5.74, 6) is -4.07. The molecule has 1 heterocycles. The normalized spacial score (nSPS) is 11.7. The Labute approximate surface area is 165 Å². The smallest absolute Gasteiger partial charge is 0.340 e. The molecule has 3 aromatic rings. The second kappa shape index (κ2) is 8.97. The van der Waals surface area contributed by atoms with Gasteiger partial charge in [-0.1, -0.05) is 24.3 Å². The second-order valence-corrected chi connectivity index (χ2v) is 6.58. The molecule has 29 heavy (non-hydrogen) atoms. The predicted octanol–water partition coefficient (Wildman–Crippen LogP) is 4.65. The highest BCUT2D eigenvalue weighted by Gasteiger charge is 2.41. The van der Waals surface area contributed by atoms with Gasteiger partial charge in [0.1, 0.15) is 11.8 Å². The first-order valence-corrected chi connectivity index (χ1v) is 8.98. The lowest BCUT2D eigenvalue weighted by molar-refractivity contribution is -0.148. The van der Waals surface area contributed by atoms with Crippen molar-refractivity contribution >= 4 is 10.9 Å². The third kappa shape index (κ3) is 5.06. The molecule has 0 spiro atoms. The van der Waals surface area contributed by atoms with Gasteiger partial charge >= 0.3 is 12.3 Å². The Morgan fingerprint density at radius 3 is 2.72 bits per heavy atom. The largest absolute Gasteiger partial charge is 0.487 e. The first kappa shape index (κ1) is 20.7. The maximum absolute atomic E-state index is 13.0. The van der Waals surface area contributed by atoms with Crippen molar-refractivity contribution < 1.29 is 22.3 Å². The van der Waals surface area contributed by atoms with E-state index in [1.54, 1.807) is 24.3 Å². The Morgan fingerprint density at radius 2 is 1.97 bits per heavy atom. The van der Waals surface area contributed by atoms with Crippen LogP contribution in [0, 0.1) is 11.3 Å². The summed E-state index contributed by atoms with van der Waals surface area (Å²) in [4.78, 5) is 3.13. The second-order valence-electron chi connectivity index (χ2n) is 6.58. The van der Waals surface area contributed by atoms with Gasteiger partial charge in [-0.3, -0.25) is 0 Å². The van der Waals surface area contributed by atoms with Crippen LogP contribution in [0.15, 0.2) is 48.7 Å². The van der Waals surface area contributed by atoms with Gasteiger partial charge in [0, 0.05) is 18.1 Å². The monoisotopic (exact) mass is 405 g/mol. The molecule has 2 aromatic carbocycles. The number of hydrogen-bond donors (Lipinski definition) is 2. The summed E-state index contributed by atoms with van der Waals surface area (Å²) in [6.45, 7) is -0.251. The minimum Gasteiger partial charge on any atom is -0.487 e. The lowest BCUT2D eigenvalue weighted by Crippen LogP contribution is -2.33. The van der Waals surface area contributed by atoms with Crippen LogP contribution in [0.4, 0.5) is 17.6 Å². The molecule has 2 N–H and O–H groups in total. The molecule has 1 aromatic heterocycles. The molecule has 0 amide bonds. The van der Waals surface area contributed by atoms with Crippen molar-refractivity contribution in [1.29, 1.82) is 5.26 Å². The number of ether oxygens (including phenoxy) is 1. The topological polar surface area (TPSA) is 60.8 Å². The number of nitrogens with zero attached hydrogens (tertiary/aromatic N) is 1. The third-order valence-corrected chi connectivity index (χ3v) is 4.47. The molecule has 0 saturated carbocycles. The average Bonchev–Trinajstić information content (AvgIpc) is 3.13. The Hall–Kier alpha value is -3.05. The zero-order chi connectivity index (χ0) is 20.9. The van der Waals surface area contributed by atoms with Crippen LogP contribution in [-0.2, 0) is 13.0 Å². The maximum Gasteiger partial charge on any atom is 0.340 e. The van der Waals surface area contributed by atoms with E-state index in [1.165, 1.54) is 6.07 Å². The van der Waals surface area contributed by atoms with Gasteiger partial charge in [0.15, 0.2) is 6.61 Å². The molecule has 152 valence electrons. The molecule has 0 aliphatic heterocycles. The van der Waals surface area contributed by atoms with E-state index in [9.17, 15) is 17.6 Å². The van der Waals surface area contributed by atoms with E-state index in [1.807, 2.05) is 18.3 Å². The molecule has 4 nitrogen and oxygen atoms in total. The highest BCUT2D eigenvalue weighted by atomic mass is 19.3. The number of hydrogen-bond acceptors (Lipinski definition) is 3. The van der Waals surface area contributed by atoms with Crippen molar-refractivity contribution in [2.45, 2.75) is 25.3 Å². The quantitative estimate of drug-likeness (QED) is 0.402. The fourth-order valence-corrected chi connectivity index (χ4v) is 2.96. The number of aromatic nitrogens is 1. The number of para-hydroxylation sites is 1. The Balaban J connectivity index is 1.52. The summed E-state index contributed by atoms with van der Waals surface area (Å²) in [6.07, 6.45) is -1.16. The predicted molar refractivity (Wildman–Crippen MR) is 101 cm³/mol. The highest BCUT2D eigenvalue weighted by Crippen LogP contribution is 2.25. The van der Waals surface area contributed by atoms with Gasteiger partial charge in [0.2, 0.25) is 0 Å². The number of nitriles is 1. The van der Waals surface area contributed by atoms with Crippen LogP contribution in [0.1, 0.15) is 16.7 Å². The lowest BCUT2D eigenvalue weighted by Gasteiger charge is -2.16. The number of nitrogens with one attached hydrogen (secondary N) is 2. The zero-order valence-electron chi connectivity index (χ0n) is 15.4. The minimum atomic E-state index is -4.18. The van der Waals surface area contributed by atoms with Crippen molar-refractivity contribution in [2.24, 2.45) is 0 Å². The van der Waals surface area contributed by atoms with E-state index in [4.69, 9.17) is 10.00 Å². The first-order chi connectivity index (χ1) is 13.9. The van der Waals surface area contributed by atoms with E-state index in [2.05, 4.69) is 16.4 Å². The molecule has 0 bridgehead atoms. The van der Waals surface area contributed by atoms with Crippen LogP contribution < -0.4 is 10.1 Å².